The summed E-state index contributed by atoms with van der Waals surface area (Å²) < 4.78 is 0. The van der Waals surface area contributed by atoms with Crippen LogP contribution in [0.3, 0.4) is 0 Å². The van der Waals surface area contributed by atoms with Crippen molar-refractivity contribution in [3.8, 4) is 61.4 Å². The van der Waals surface area contributed by atoms with Gasteiger partial charge in [0.25, 0.3) is 0 Å². The van der Waals surface area contributed by atoms with E-state index in [1.54, 1.807) is 0 Å². The Bertz CT molecular complexity index is 5270. The van der Waals surface area contributed by atoms with E-state index in [4.69, 9.17) is 0 Å². The van der Waals surface area contributed by atoms with E-state index in [1.165, 1.54) is 99.8 Å². The lowest BCUT2D eigenvalue weighted by Gasteiger charge is -2.36. The number of hydrogen-bond acceptors (Lipinski definition) is 2. The molecule has 0 amide bonds. The van der Waals surface area contributed by atoms with Crippen LogP contribution in [-0.4, -0.2) is 5.11 Å². The third kappa shape index (κ3) is 6.88. The van der Waals surface area contributed by atoms with Gasteiger partial charge in [-0.2, -0.15) is 0 Å². The van der Waals surface area contributed by atoms with Crippen molar-refractivity contribution in [1.82, 2.24) is 0 Å². The van der Waals surface area contributed by atoms with Crippen LogP contribution in [0.4, 0.5) is 17.1 Å². The summed E-state index contributed by atoms with van der Waals surface area (Å²) in [6, 6.07) is 124. The van der Waals surface area contributed by atoms with Gasteiger partial charge in [-0.3, -0.25) is 0 Å². The van der Waals surface area contributed by atoms with E-state index in [1.807, 2.05) is 12.1 Å². The van der Waals surface area contributed by atoms with Gasteiger partial charge in [-0.15, -0.1) is 0 Å². The Morgan fingerprint density at radius 3 is 1.18 bits per heavy atom. The second-order valence-corrected chi connectivity index (χ2v) is 25.4. The summed E-state index contributed by atoms with van der Waals surface area (Å²) >= 11 is 0. The van der Waals surface area contributed by atoms with Crippen molar-refractivity contribution in [2.75, 3.05) is 4.90 Å². The molecule has 0 saturated heterocycles. The minimum atomic E-state index is -0.867. The zero-order chi connectivity index (χ0) is 60.9. The molecular weight excluding hydrogens is 1110 g/mol. The number of hydrogen-bond donors (Lipinski definition) is 1. The molecule has 1 spiro atoms. The number of rotatable bonds is 8. The number of aromatic hydroxyl groups is 1. The fourth-order valence-corrected chi connectivity index (χ4v) is 17.7. The van der Waals surface area contributed by atoms with Crippen molar-refractivity contribution >= 4 is 38.6 Å². The molecule has 15 aromatic rings. The number of phenolic OH excluding ortho intramolecular Hbond substituents is 1. The molecule has 15 aromatic carbocycles. The maximum Gasteiger partial charge on any atom is 0.128 e. The summed E-state index contributed by atoms with van der Waals surface area (Å²) in [5.41, 5.74) is 29.1. The lowest BCUT2D eigenvalue weighted by atomic mass is 9.65. The highest BCUT2D eigenvalue weighted by Crippen LogP contribution is 2.65. The number of anilines is 3. The smallest absolute Gasteiger partial charge is 0.128 e. The molecule has 0 aromatic heterocycles. The number of fused-ring (bicyclic) bond motifs is 18. The van der Waals surface area contributed by atoms with E-state index >= 15 is 0 Å². The monoisotopic (exact) mass is 1170 g/mol. The number of aryl methyl sites for hydroxylation is 1. The van der Waals surface area contributed by atoms with E-state index in [0.717, 1.165) is 66.8 Å². The Labute approximate surface area is 535 Å². The fraction of sp³-hybridized carbons (Fsp3) is 0.0444. The van der Waals surface area contributed by atoms with Crippen LogP contribution in [0.5, 0.6) is 5.75 Å². The largest absolute Gasteiger partial charge is 0.507 e. The summed E-state index contributed by atoms with van der Waals surface area (Å²) in [4.78, 5) is 2.51. The lowest BCUT2D eigenvalue weighted by Crippen LogP contribution is -2.30. The average molecular weight is 1170 g/mol. The van der Waals surface area contributed by atoms with Crippen LogP contribution in [0.2, 0.25) is 0 Å². The van der Waals surface area contributed by atoms with Crippen molar-refractivity contribution in [1.29, 1.82) is 0 Å². The SMILES string of the molecule is Cc1c(C2(c3ccc4ccccc4c3O)c3ccccc3-c3c(-c4ccc(N(c5ccc6c(c5)C(c5ccccc5)(c5ccccc5)c5ccccc5-6)c5ccc6c(c5)C5(c7ccccc7-c7ccccc75)c5ccccc5-6)cc4)cccc32)ccc2ccccc12. The van der Waals surface area contributed by atoms with Crippen LogP contribution < -0.4 is 4.90 Å². The first-order chi connectivity index (χ1) is 45.5. The molecule has 2 heteroatoms. The van der Waals surface area contributed by atoms with Gasteiger partial charge in [-0.05, 0) is 182 Å². The first-order valence-electron chi connectivity index (χ1n) is 32.1. The molecule has 0 heterocycles. The molecule has 1 unspecified atom stereocenters. The highest BCUT2D eigenvalue weighted by atomic mass is 16.3. The van der Waals surface area contributed by atoms with Gasteiger partial charge in [-0.1, -0.05) is 297 Å². The van der Waals surface area contributed by atoms with Gasteiger partial charge in [0.2, 0.25) is 0 Å². The quantitative estimate of drug-likeness (QED) is 0.164. The summed E-state index contributed by atoms with van der Waals surface area (Å²) in [5.74, 6) is 0.302. The highest BCUT2D eigenvalue weighted by molar-refractivity contribution is 6.01. The molecule has 0 aliphatic heterocycles. The van der Waals surface area contributed by atoms with Gasteiger partial charge in [0.1, 0.15) is 5.75 Å². The second kappa shape index (κ2) is 19.7. The number of nitrogens with zero attached hydrogens (tertiary/aromatic N) is 1. The van der Waals surface area contributed by atoms with Crippen LogP contribution in [-0.2, 0) is 16.2 Å². The maximum atomic E-state index is 12.9. The normalized spacial score (nSPS) is 15.3. The Balaban J connectivity index is 0.843. The molecule has 2 nitrogen and oxygen atoms in total. The van der Waals surface area contributed by atoms with Crippen LogP contribution in [0.25, 0.3) is 77.2 Å². The van der Waals surface area contributed by atoms with Crippen molar-refractivity contribution in [2.45, 2.75) is 23.2 Å². The van der Waals surface area contributed by atoms with Crippen molar-refractivity contribution in [2.24, 2.45) is 0 Å². The van der Waals surface area contributed by atoms with Crippen LogP contribution in [0, 0.1) is 6.92 Å². The van der Waals surface area contributed by atoms with Gasteiger partial charge < -0.3 is 10.0 Å². The van der Waals surface area contributed by atoms with Gasteiger partial charge in [0.05, 0.1) is 16.2 Å². The Morgan fingerprint density at radius 2 is 0.630 bits per heavy atom. The van der Waals surface area contributed by atoms with Gasteiger partial charge in [0, 0.05) is 28.0 Å². The van der Waals surface area contributed by atoms with E-state index in [2.05, 4.69) is 333 Å². The van der Waals surface area contributed by atoms with Crippen LogP contribution in [0.15, 0.2) is 334 Å². The topological polar surface area (TPSA) is 23.5 Å². The maximum absolute atomic E-state index is 12.9. The Morgan fingerprint density at radius 1 is 0.250 bits per heavy atom. The second-order valence-electron chi connectivity index (χ2n) is 25.4. The third-order valence-electron chi connectivity index (χ3n) is 21.4. The van der Waals surface area contributed by atoms with Gasteiger partial charge in [-0.25, -0.2) is 0 Å². The number of benzene rings is 15. The van der Waals surface area contributed by atoms with Crippen LogP contribution in [0.1, 0.15) is 72.3 Å². The Hall–Kier alpha value is -11.6. The molecule has 1 atom stereocenters. The molecule has 0 bridgehead atoms. The van der Waals surface area contributed by atoms with E-state index in [9.17, 15) is 5.11 Å². The van der Waals surface area contributed by atoms with E-state index < -0.39 is 16.2 Å². The van der Waals surface area contributed by atoms with Crippen molar-refractivity contribution in [3.63, 3.8) is 0 Å². The van der Waals surface area contributed by atoms with Crippen molar-refractivity contribution < 1.29 is 5.11 Å². The van der Waals surface area contributed by atoms with E-state index in [0.29, 0.717) is 5.75 Å². The summed E-state index contributed by atoms with van der Waals surface area (Å²) in [6.45, 7) is 2.26. The predicted octanol–water partition coefficient (Wildman–Crippen LogP) is 22.2. The molecule has 4 aliphatic rings. The van der Waals surface area contributed by atoms with Crippen LogP contribution >= 0.6 is 0 Å². The standard InChI is InChI=1S/C90H59NO/c1-57-66-29-10-8-23-58(66)45-53-76(57)89(83-54-46-59-24-9-11-30-68(59)87(83)92)81-41-21-16-35-75(81)86-67(36-22-42-82(86)89)60-43-47-63(48-44-60)91(64-49-51-73-71-33-12-17-37-77(71)88(84(73)55-64,61-25-4-2-5-26-61)62-27-6-3-7-28-62)65-50-52-74-72-34-15-20-40-80(72)90(85(74)56-65)78-38-18-13-31-69(78)70-32-14-19-39-79(70)90/h2-56,92H,1H3. The molecule has 0 radical (unpaired) electrons. The molecular formula is C90H59NO. The molecule has 4 aliphatic carbocycles. The van der Waals surface area contributed by atoms with E-state index in [-0.39, 0.29) is 0 Å². The summed E-state index contributed by atoms with van der Waals surface area (Å²) in [7, 11) is 0. The molecule has 1 N–H and O–H groups in total. The van der Waals surface area contributed by atoms with Gasteiger partial charge >= 0.3 is 0 Å². The molecule has 19 rings (SSSR count). The zero-order valence-corrected chi connectivity index (χ0v) is 50.6. The fourth-order valence-electron chi connectivity index (χ4n) is 17.7. The average Bonchev–Trinajstić information content (AvgIpc) is 1.51. The van der Waals surface area contributed by atoms with Gasteiger partial charge in [0.15, 0.2) is 0 Å². The molecule has 0 saturated carbocycles. The lowest BCUT2D eigenvalue weighted by molar-refractivity contribution is 0.467. The molecule has 430 valence electrons. The number of phenols is 1. The predicted molar refractivity (Wildman–Crippen MR) is 379 cm³/mol. The Kier molecular flexibility index (Phi) is 11.2. The first-order valence-corrected chi connectivity index (χ1v) is 32.1. The third-order valence-corrected chi connectivity index (χ3v) is 21.4. The van der Waals surface area contributed by atoms with Crippen molar-refractivity contribution in [3.05, 3.63) is 406 Å². The minimum Gasteiger partial charge on any atom is -0.507 e. The minimum absolute atomic E-state index is 0.302. The highest BCUT2D eigenvalue weighted by Gasteiger charge is 2.53. The molecule has 92 heavy (non-hydrogen) atoms. The summed E-state index contributed by atoms with van der Waals surface area (Å²) in [5, 5.41) is 17.2. The zero-order valence-electron chi connectivity index (χ0n) is 50.6. The first kappa shape index (κ1) is 52.4. The molecule has 0 fully saturated rings. The summed E-state index contributed by atoms with van der Waals surface area (Å²) in [6.07, 6.45) is 0.